The normalized spacial score (nSPS) is 17.7. The number of hydrazine groups is 1. The number of rotatable bonds is 1. The van der Waals surface area contributed by atoms with Crippen LogP contribution in [-0.4, -0.2) is 17.4 Å². The van der Waals surface area contributed by atoms with Gasteiger partial charge in [0.2, 0.25) is 0 Å². The van der Waals surface area contributed by atoms with Gasteiger partial charge in [-0.3, -0.25) is 5.43 Å². The number of nitrogens with zero attached hydrogens (tertiary/aromatic N) is 2. The maximum absolute atomic E-state index is 4.73. The van der Waals surface area contributed by atoms with Crippen LogP contribution >= 0.6 is 25.3 Å². The highest BCUT2D eigenvalue weighted by Crippen LogP contribution is 2.06. The Bertz CT molecular complexity index is 191. The second kappa shape index (κ2) is 3.18. The van der Waals surface area contributed by atoms with Gasteiger partial charge in [-0.25, -0.2) is 4.84 Å². The van der Waals surface area contributed by atoms with E-state index in [2.05, 4.69) is 35.8 Å². The molecule has 0 unspecified atom stereocenters. The van der Waals surface area contributed by atoms with E-state index < -0.39 is 0 Å². The van der Waals surface area contributed by atoms with Gasteiger partial charge in [0.15, 0.2) is 0 Å². The van der Waals surface area contributed by atoms with Gasteiger partial charge in [0, 0.05) is 6.08 Å². The molecule has 0 fully saturated rings. The highest BCUT2D eigenvalue weighted by molar-refractivity contribution is 7.97. The summed E-state index contributed by atoms with van der Waals surface area (Å²) in [5, 5.41) is 6.17. The minimum atomic E-state index is 0.547. The summed E-state index contributed by atoms with van der Waals surface area (Å²) in [6, 6.07) is 0. The molecule has 1 aliphatic rings. The Morgan fingerprint density at radius 1 is 1.70 bits per heavy atom. The lowest BCUT2D eigenvalue weighted by Crippen LogP contribution is -2.33. The van der Waals surface area contributed by atoms with Crippen LogP contribution in [-0.2, 0) is 4.84 Å². The highest BCUT2D eigenvalue weighted by Gasteiger charge is 2.05. The molecule has 0 aromatic rings. The van der Waals surface area contributed by atoms with Crippen LogP contribution in [0.5, 0.6) is 0 Å². The van der Waals surface area contributed by atoms with E-state index in [1.54, 1.807) is 6.08 Å². The van der Waals surface area contributed by atoms with E-state index in [0.29, 0.717) is 10.1 Å². The molecular formula is C4H7N3OS2. The van der Waals surface area contributed by atoms with Crippen molar-refractivity contribution >= 4 is 30.3 Å². The van der Waals surface area contributed by atoms with Crippen molar-refractivity contribution in [2.24, 2.45) is 5.10 Å². The van der Waals surface area contributed by atoms with Gasteiger partial charge in [-0.05, 0) is 0 Å². The van der Waals surface area contributed by atoms with Crippen molar-refractivity contribution < 1.29 is 4.84 Å². The molecule has 10 heavy (non-hydrogen) atoms. The maximum Gasteiger partial charge on any atom is 0.120 e. The van der Waals surface area contributed by atoms with E-state index in [1.165, 1.54) is 12.4 Å². The zero-order valence-corrected chi connectivity index (χ0v) is 7.06. The first-order valence-electron chi connectivity index (χ1n) is 2.51. The Morgan fingerprint density at radius 2 is 2.40 bits per heavy atom. The first-order valence-corrected chi connectivity index (χ1v) is 3.41. The summed E-state index contributed by atoms with van der Waals surface area (Å²) >= 11 is 8.03. The first-order chi connectivity index (χ1) is 4.72. The number of hydrogen-bond donors (Lipinski definition) is 3. The molecule has 0 spiro atoms. The molecule has 6 heteroatoms. The Labute approximate surface area is 69.7 Å². The quantitative estimate of drug-likeness (QED) is 0.507. The molecule has 0 saturated heterocycles. The van der Waals surface area contributed by atoms with Gasteiger partial charge in [-0.1, -0.05) is 5.28 Å². The highest BCUT2D eigenvalue weighted by atomic mass is 32.1. The lowest BCUT2D eigenvalue weighted by Gasteiger charge is -2.20. The number of hydrazone groups is 1. The molecule has 0 radical (unpaired) electrons. The molecule has 1 rings (SSSR count). The molecule has 0 atom stereocenters. The molecule has 0 aliphatic carbocycles. The van der Waals surface area contributed by atoms with Crippen molar-refractivity contribution in [3.63, 3.8) is 0 Å². The standard InChI is InChI=1S/C4H7N3OS2/c1-8-7-5-3(9)2-4(10)6-7/h2,5,9H,1H3,(H,6,10). The molecule has 56 valence electrons. The fraction of sp³-hybridized carbons (Fsp3) is 0.250. The minimum Gasteiger partial charge on any atom is -0.251 e. The van der Waals surface area contributed by atoms with Gasteiger partial charge >= 0.3 is 0 Å². The van der Waals surface area contributed by atoms with Crippen LogP contribution in [0.1, 0.15) is 0 Å². The van der Waals surface area contributed by atoms with Gasteiger partial charge in [-0.2, -0.15) is 0 Å². The SMILES string of the molecule is CON1N=C(S)C=C(S)N1. The van der Waals surface area contributed by atoms with Gasteiger partial charge in [-0.15, -0.1) is 30.4 Å². The lowest BCUT2D eigenvalue weighted by molar-refractivity contribution is -0.161. The van der Waals surface area contributed by atoms with Crippen molar-refractivity contribution in [3.05, 3.63) is 11.1 Å². The molecular weight excluding hydrogens is 170 g/mol. The van der Waals surface area contributed by atoms with Gasteiger partial charge < -0.3 is 0 Å². The number of thiol groups is 2. The fourth-order valence-corrected chi connectivity index (χ4v) is 1.01. The Balaban J connectivity index is 2.67. The third-order valence-corrected chi connectivity index (χ3v) is 1.29. The second-order valence-electron chi connectivity index (χ2n) is 1.56. The van der Waals surface area contributed by atoms with Crippen molar-refractivity contribution in [1.82, 2.24) is 10.7 Å². The molecule has 0 aromatic heterocycles. The molecule has 4 nitrogen and oxygen atoms in total. The van der Waals surface area contributed by atoms with E-state index >= 15 is 0 Å². The van der Waals surface area contributed by atoms with Crippen molar-refractivity contribution in [2.75, 3.05) is 7.11 Å². The topological polar surface area (TPSA) is 36.9 Å². The van der Waals surface area contributed by atoms with E-state index in [-0.39, 0.29) is 0 Å². The van der Waals surface area contributed by atoms with Gasteiger partial charge in [0.1, 0.15) is 5.04 Å². The van der Waals surface area contributed by atoms with E-state index in [1.807, 2.05) is 0 Å². The third-order valence-electron chi connectivity index (χ3n) is 0.842. The lowest BCUT2D eigenvalue weighted by atomic mass is 10.6. The number of hydrogen-bond acceptors (Lipinski definition) is 5. The summed E-state index contributed by atoms with van der Waals surface area (Å²) < 4.78 is 0. The Hall–Kier alpha value is -0.330. The van der Waals surface area contributed by atoms with Crippen molar-refractivity contribution in [2.45, 2.75) is 0 Å². The van der Waals surface area contributed by atoms with Crippen LogP contribution in [0.4, 0.5) is 0 Å². The van der Waals surface area contributed by atoms with Crippen LogP contribution in [0, 0.1) is 0 Å². The van der Waals surface area contributed by atoms with E-state index in [4.69, 9.17) is 4.84 Å². The molecule has 0 saturated carbocycles. The summed E-state index contributed by atoms with van der Waals surface area (Å²) in [6.45, 7) is 0. The molecule has 1 N–H and O–H groups in total. The van der Waals surface area contributed by atoms with Crippen molar-refractivity contribution in [3.8, 4) is 0 Å². The van der Waals surface area contributed by atoms with Gasteiger partial charge in [0.05, 0.1) is 12.1 Å². The molecule has 0 aromatic carbocycles. The fourth-order valence-electron chi connectivity index (χ4n) is 0.486. The van der Waals surface area contributed by atoms with Crippen molar-refractivity contribution in [1.29, 1.82) is 0 Å². The molecule has 0 amide bonds. The predicted molar refractivity (Wildman–Crippen MR) is 45.5 cm³/mol. The summed E-state index contributed by atoms with van der Waals surface area (Å²) in [4.78, 5) is 4.73. The summed E-state index contributed by atoms with van der Waals surface area (Å²) in [5.74, 6) is 0. The minimum absolute atomic E-state index is 0.547. The molecule has 0 bridgehead atoms. The van der Waals surface area contributed by atoms with Crippen LogP contribution in [0.25, 0.3) is 0 Å². The average molecular weight is 177 g/mol. The predicted octanol–water partition coefficient (Wildman–Crippen LogP) is 0.383. The monoisotopic (exact) mass is 177 g/mol. The second-order valence-corrected chi connectivity index (χ2v) is 2.50. The zero-order chi connectivity index (χ0) is 7.56. The smallest absolute Gasteiger partial charge is 0.120 e. The largest absolute Gasteiger partial charge is 0.251 e. The van der Waals surface area contributed by atoms with E-state index in [9.17, 15) is 0 Å². The van der Waals surface area contributed by atoms with E-state index in [0.717, 1.165) is 0 Å². The number of nitrogens with one attached hydrogen (secondary N) is 1. The third kappa shape index (κ3) is 1.83. The van der Waals surface area contributed by atoms with Crippen LogP contribution < -0.4 is 5.43 Å². The summed E-state index contributed by atoms with van der Waals surface area (Å²) in [6.07, 6.45) is 1.67. The molecule has 1 heterocycles. The summed E-state index contributed by atoms with van der Waals surface area (Å²) in [7, 11) is 1.49. The first kappa shape index (κ1) is 7.77. The maximum atomic E-state index is 4.73. The zero-order valence-electron chi connectivity index (χ0n) is 5.27. The summed E-state index contributed by atoms with van der Waals surface area (Å²) in [5.41, 5.74) is 2.70. The Morgan fingerprint density at radius 3 is 2.90 bits per heavy atom. The Kier molecular flexibility index (Phi) is 2.47. The van der Waals surface area contributed by atoms with Gasteiger partial charge in [0.25, 0.3) is 0 Å². The van der Waals surface area contributed by atoms with Crippen LogP contribution in [0.2, 0.25) is 0 Å². The van der Waals surface area contributed by atoms with Crippen LogP contribution in [0.15, 0.2) is 16.2 Å². The average Bonchev–Trinajstić information content (AvgIpc) is 1.85. The molecule has 1 aliphatic heterocycles. The van der Waals surface area contributed by atoms with Crippen LogP contribution in [0.3, 0.4) is 0 Å².